The van der Waals surface area contributed by atoms with Crippen LogP contribution in [0.5, 0.6) is 0 Å². The summed E-state index contributed by atoms with van der Waals surface area (Å²) in [6.45, 7) is 4.07. The lowest BCUT2D eigenvalue weighted by Gasteiger charge is -2.36. The van der Waals surface area contributed by atoms with Crippen LogP contribution in [-0.4, -0.2) is 66.7 Å². The number of aliphatic carboxylic acids is 1. The van der Waals surface area contributed by atoms with E-state index < -0.39 is 5.97 Å². The molecule has 2 amide bonds. The van der Waals surface area contributed by atoms with Crippen molar-refractivity contribution in [2.75, 3.05) is 33.7 Å². The second kappa shape index (κ2) is 8.09. The third kappa shape index (κ3) is 5.77. The Morgan fingerprint density at radius 1 is 1.45 bits per heavy atom. The summed E-state index contributed by atoms with van der Waals surface area (Å²) in [5.41, 5.74) is 0. The first-order valence-electron chi connectivity index (χ1n) is 7.31. The van der Waals surface area contributed by atoms with Crippen molar-refractivity contribution in [3.63, 3.8) is 0 Å². The zero-order valence-corrected chi connectivity index (χ0v) is 12.8. The summed E-state index contributed by atoms with van der Waals surface area (Å²) < 4.78 is 0. The van der Waals surface area contributed by atoms with Crippen molar-refractivity contribution in [3.05, 3.63) is 0 Å². The van der Waals surface area contributed by atoms with Crippen molar-refractivity contribution >= 4 is 12.0 Å². The van der Waals surface area contributed by atoms with Crippen LogP contribution in [0.15, 0.2) is 0 Å². The van der Waals surface area contributed by atoms with E-state index in [-0.39, 0.29) is 18.4 Å². The molecule has 2 unspecified atom stereocenters. The van der Waals surface area contributed by atoms with Crippen LogP contribution in [0.25, 0.3) is 0 Å². The van der Waals surface area contributed by atoms with Gasteiger partial charge in [0.15, 0.2) is 0 Å². The number of rotatable bonds is 6. The first-order valence-corrected chi connectivity index (χ1v) is 7.31. The van der Waals surface area contributed by atoms with E-state index in [4.69, 9.17) is 5.11 Å². The molecule has 0 aliphatic carbocycles. The lowest BCUT2D eigenvalue weighted by atomic mass is 10.0. The normalized spacial score (nSPS) is 20.8. The van der Waals surface area contributed by atoms with Crippen molar-refractivity contribution in [2.45, 2.75) is 38.6 Å². The van der Waals surface area contributed by atoms with E-state index in [1.54, 1.807) is 0 Å². The summed E-state index contributed by atoms with van der Waals surface area (Å²) in [6, 6.07) is 0.401. The highest BCUT2D eigenvalue weighted by Gasteiger charge is 2.24. The van der Waals surface area contributed by atoms with Gasteiger partial charge in [0, 0.05) is 32.1 Å². The number of urea groups is 1. The molecule has 116 valence electrons. The van der Waals surface area contributed by atoms with Gasteiger partial charge in [0.25, 0.3) is 0 Å². The van der Waals surface area contributed by atoms with Gasteiger partial charge in [-0.1, -0.05) is 6.92 Å². The second-order valence-electron chi connectivity index (χ2n) is 5.93. The van der Waals surface area contributed by atoms with Crippen LogP contribution in [0, 0.1) is 5.92 Å². The van der Waals surface area contributed by atoms with E-state index in [2.05, 4.69) is 10.2 Å². The molecule has 1 rings (SSSR count). The smallest absolute Gasteiger partial charge is 0.317 e. The van der Waals surface area contributed by atoms with Crippen LogP contribution < -0.4 is 5.32 Å². The number of nitrogens with one attached hydrogen (secondary N) is 1. The number of carboxylic acids is 1. The minimum Gasteiger partial charge on any atom is -0.481 e. The van der Waals surface area contributed by atoms with Gasteiger partial charge in [0.2, 0.25) is 0 Å². The molecule has 0 radical (unpaired) electrons. The molecule has 0 aromatic carbocycles. The molecule has 1 fully saturated rings. The fourth-order valence-electron chi connectivity index (χ4n) is 2.41. The standard InChI is InChI=1S/C14H27N3O3/c1-11(6-7-13(18)19)9-15-14(20)17-8-4-5-12(10-17)16(2)3/h11-12H,4-10H2,1-3H3,(H,15,20)(H,18,19). The van der Waals surface area contributed by atoms with Gasteiger partial charge in [0.1, 0.15) is 0 Å². The zero-order chi connectivity index (χ0) is 15.1. The molecular weight excluding hydrogens is 258 g/mol. The first kappa shape index (κ1) is 16.8. The molecule has 6 nitrogen and oxygen atoms in total. The molecule has 2 N–H and O–H groups in total. The van der Waals surface area contributed by atoms with E-state index in [0.717, 1.165) is 25.9 Å². The number of piperidine rings is 1. The van der Waals surface area contributed by atoms with Crippen molar-refractivity contribution in [1.29, 1.82) is 0 Å². The number of carboxylic acid groups (broad SMARTS) is 1. The van der Waals surface area contributed by atoms with Crippen molar-refractivity contribution in [2.24, 2.45) is 5.92 Å². The molecule has 20 heavy (non-hydrogen) atoms. The molecular formula is C14H27N3O3. The maximum Gasteiger partial charge on any atom is 0.317 e. The monoisotopic (exact) mass is 285 g/mol. The van der Waals surface area contributed by atoms with E-state index in [1.165, 1.54) is 0 Å². The Morgan fingerprint density at radius 3 is 2.75 bits per heavy atom. The summed E-state index contributed by atoms with van der Waals surface area (Å²) in [5, 5.41) is 11.5. The first-order chi connectivity index (χ1) is 9.40. The molecule has 0 spiro atoms. The predicted molar refractivity (Wildman–Crippen MR) is 77.7 cm³/mol. The van der Waals surface area contributed by atoms with E-state index in [9.17, 15) is 9.59 Å². The van der Waals surface area contributed by atoms with Crippen LogP contribution in [-0.2, 0) is 4.79 Å². The van der Waals surface area contributed by atoms with Gasteiger partial charge in [-0.2, -0.15) is 0 Å². The number of nitrogens with zero attached hydrogens (tertiary/aromatic N) is 2. The van der Waals surface area contributed by atoms with E-state index in [1.807, 2.05) is 25.9 Å². The Bertz CT molecular complexity index is 334. The number of carbonyl (C=O) groups excluding carboxylic acids is 1. The van der Waals surface area contributed by atoms with E-state index in [0.29, 0.717) is 19.0 Å². The number of likely N-dealkylation sites (N-methyl/N-ethyl adjacent to an activating group) is 1. The molecule has 0 aromatic rings. The summed E-state index contributed by atoms with van der Waals surface area (Å²) in [7, 11) is 4.08. The predicted octanol–water partition coefficient (Wildman–Crippen LogP) is 1.22. The molecule has 1 aliphatic heterocycles. The summed E-state index contributed by atoms with van der Waals surface area (Å²) in [4.78, 5) is 26.6. The molecule has 0 bridgehead atoms. The average molecular weight is 285 g/mol. The van der Waals surface area contributed by atoms with Gasteiger partial charge in [-0.3, -0.25) is 4.79 Å². The number of carbonyl (C=O) groups is 2. The van der Waals surface area contributed by atoms with Gasteiger partial charge in [0.05, 0.1) is 0 Å². The Morgan fingerprint density at radius 2 is 2.15 bits per heavy atom. The van der Waals surface area contributed by atoms with Crippen LogP contribution in [0.2, 0.25) is 0 Å². The summed E-state index contributed by atoms with van der Waals surface area (Å²) in [5.74, 6) is -0.600. The Labute approximate surface area is 121 Å². The highest BCUT2D eigenvalue weighted by Crippen LogP contribution is 2.14. The van der Waals surface area contributed by atoms with E-state index >= 15 is 0 Å². The fourth-order valence-corrected chi connectivity index (χ4v) is 2.41. The minimum absolute atomic E-state index is 0.0290. The highest BCUT2D eigenvalue weighted by atomic mass is 16.4. The Kier molecular flexibility index (Phi) is 6.78. The van der Waals surface area contributed by atoms with Crippen molar-refractivity contribution < 1.29 is 14.7 Å². The third-order valence-electron chi connectivity index (χ3n) is 3.87. The maximum absolute atomic E-state index is 12.1. The molecule has 0 aromatic heterocycles. The van der Waals surface area contributed by atoms with Gasteiger partial charge >= 0.3 is 12.0 Å². The Hall–Kier alpha value is -1.30. The van der Waals surface area contributed by atoms with Crippen molar-refractivity contribution in [3.8, 4) is 0 Å². The molecule has 1 heterocycles. The lowest BCUT2D eigenvalue weighted by molar-refractivity contribution is -0.137. The summed E-state index contributed by atoms with van der Waals surface area (Å²) >= 11 is 0. The minimum atomic E-state index is -0.784. The SMILES string of the molecule is CC(CCC(=O)O)CNC(=O)N1CCCC(N(C)C)C1. The molecule has 6 heteroatoms. The van der Waals surface area contributed by atoms with Gasteiger partial charge < -0.3 is 20.2 Å². The fraction of sp³-hybridized carbons (Fsp3) is 0.857. The number of hydrogen-bond donors (Lipinski definition) is 2. The third-order valence-corrected chi connectivity index (χ3v) is 3.87. The lowest BCUT2D eigenvalue weighted by Crippen LogP contribution is -2.51. The van der Waals surface area contributed by atoms with Crippen LogP contribution in [0.3, 0.4) is 0 Å². The number of amides is 2. The van der Waals surface area contributed by atoms with Crippen LogP contribution in [0.1, 0.15) is 32.6 Å². The zero-order valence-electron chi connectivity index (χ0n) is 12.8. The van der Waals surface area contributed by atoms with Crippen LogP contribution in [0.4, 0.5) is 4.79 Å². The average Bonchev–Trinajstić information content (AvgIpc) is 2.42. The largest absolute Gasteiger partial charge is 0.481 e. The molecule has 1 saturated heterocycles. The van der Waals surface area contributed by atoms with Crippen LogP contribution >= 0.6 is 0 Å². The topological polar surface area (TPSA) is 72.9 Å². The summed E-state index contributed by atoms with van der Waals surface area (Å²) in [6.07, 6.45) is 2.91. The quantitative estimate of drug-likeness (QED) is 0.769. The van der Waals surface area contributed by atoms with Gasteiger partial charge in [-0.25, -0.2) is 4.79 Å². The Balaban J connectivity index is 2.29. The van der Waals surface area contributed by atoms with Gasteiger partial charge in [-0.15, -0.1) is 0 Å². The van der Waals surface area contributed by atoms with Gasteiger partial charge in [-0.05, 0) is 39.3 Å². The molecule has 0 saturated carbocycles. The molecule has 2 atom stereocenters. The van der Waals surface area contributed by atoms with Crippen molar-refractivity contribution in [1.82, 2.24) is 15.1 Å². The highest BCUT2D eigenvalue weighted by molar-refractivity contribution is 5.74. The number of hydrogen-bond acceptors (Lipinski definition) is 3. The number of likely N-dealkylation sites (tertiary alicyclic amines) is 1. The maximum atomic E-state index is 12.1. The molecule has 1 aliphatic rings. The second-order valence-corrected chi connectivity index (χ2v) is 5.93.